The SMILES string of the molecule is OCCOCCSc1nnnn1Cc1ccco1. The number of aliphatic hydroxyl groups is 1. The molecular weight excluding hydrogens is 256 g/mol. The predicted octanol–water partition coefficient (Wildman–Crippen LogP) is 0.415. The van der Waals surface area contributed by atoms with Gasteiger partial charge in [0.05, 0.1) is 26.1 Å². The molecule has 98 valence electrons. The Bertz CT molecular complexity index is 446. The average molecular weight is 270 g/mol. The molecule has 18 heavy (non-hydrogen) atoms. The van der Waals surface area contributed by atoms with Gasteiger partial charge in [0.25, 0.3) is 0 Å². The lowest BCUT2D eigenvalue weighted by Gasteiger charge is -2.03. The van der Waals surface area contributed by atoms with E-state index in [0.717, 1.165) is 16.7 Å². The van der Waals surface area contributed by atoms with Gasteiger partial charge in [0.1, 0.15) is 12.3 Å². The molecule has 0 aliphatic heterocycles. The molecule has 0 aliphatic carbocycles. The van der Waals surface area contributed by atoms with Crippen LogP contribution in [-0.2, 0) is 11.3 Å². The van der Waals surface area contributed by atoms with Gasteiger partial charge in [-0.25, -0.2) is 4.68 Å². The van der Waals surface area contributed by atoms with Crippen molar-refractivity contribution in [3.05, 3.63) is 24.2 Å². The first-order chi connectivity index (χ1) is 8.90. The number of tetrazole rings is 1. The Morgan fingerprint density at radius 1 is 1.44 bits per heavy atom. The summed E-state index contributed by atoms with van der Waals surface area (Å²) in [5.74, 6) is 1.54. The van der Waals surface area contributed by atoms with Crippen molar-refractivity contribution in [3.63, 3.8) is 0 Å². The van der Waals surface area contributed by atoms with Crippen molar-refractivity contribution >= 4 is 11.8 Å². The summed E-state index contributed by atoms with van der Waals surface area (Å²) >= 11 is 1.50. The third-order valence-corrected chi connectivity index (χ3v) is 3.00. The molecular formula is C10H14N4O3S. The molecule has 0 bridgehead atoms. The van der Waals surface area contributed by atoms with Crippen LogP contribution in [0.2, 0.25) is 0 Å². The van der Waals surface area contributed by atoms with E-state index in [4.69, 9.17) is 14.3 Å². The smallest absolute Gasteiger partial charge is 0.209 e. The van der Waals surface area contributed by atoms with E-state index in [0.29, 0.717) is 19.8 Å². The Morgan fingerprint density at radius 2 is 2.39 bits per heavy atom. The molecule has 0 unspecified atom stereocenters. The Kier molecular flexibility index (Phi) is 5.18. The van der Waals surface area contributed by atoms with Gasteiger partial charge in [0, 0.05) is 5.75 Å². The van der Waals surface area contributed by atoms with Crippen molar-refractivity contribution in [1.82, 2.24) is 20.2 Å². The number of hydrogen-bond donors (Lipinski definition) is 1. The minimum Gasteiger partial charge on any atom is -0.467 e. The molecule has 0 atom stereocenters. The molecule has 0 aromatic carbocycles. The third-order valence-electron chi connectivity index (χ3n) is 2.08. The van der Waals surface area contributed by atoms with E-state index in [-0.39, 0.29) is 6.61 Å². The number of ether oxygens (including phenoxy) is 1. The fourth-order valence-corrected chi connectivity index (χ4v) is 2.04. The van der Waals surface area contributed by atoms with E-state index in [2.05, 4.69) is 15.5 Å². The fraction of sp³-hybridized carbons (Fsp3) is 0.500. The lowest BCUT2D eigenvalue weighted by Crippen LogP contribution is -2.05. The van der Waals surface area contributed by atoms with Crippen LogP contribution in [0.5, 0.6) is 0 Å². The van der Waals surface area contributed by atoms with Crippen molar-refractivity contribution in [3.8, 4) is 0 Å². The Labute approximate surface area is 108 Å². The molecule has 0 radical (unpaired) electrons. The summed E-state index contributed by atoms with van der Waals surface area (Å²) in [5.41, 5.74) is 0. The molecule has 0 aliphatic rings. The molecule has 0 saturated heterocycles. The second-order valence-corrected chi connectivity index (χ2v) is 4.44. The summed E-state index contributed by atoms with van der Waals surface area (Å²) < 4.78 is 12.1. The molecule has 2 heterocycles. The highest BCUT2D eigenvalue weighted by Gasteiger charge is 2.08. The number of nitrogens with zero attached hydrogens (tertiary/aromatic N) is 4. The van der Waals surface area contributed by atoms with Crippen LogP contribution in [0.15, 0.2) is 28.0 Å². The summed E-state index contributed by atoms with van der Waals surface area (Å²) in [4.78, 5) is 0. The van der Waals surface area contributed by atoms with Crippen LogP contribution in [0, 0.1) is 0 Å². The lowest BCUT2D eigenvalue weighted by molar-refractivity contribution is 0.103. The maximum absolute atomic E-state index is 8.56. The highest BCUT2D eigenvalue weighted by molar-refractivity contribution is 7.99. The quantitative estimate of drug-likeness (QED) is 0.549. The van der Waals surface area contributed by atoms with E-state index in [1.165, 1.54) is 11.8 Å². The van der Waals surface area contributed by atoms with Crippen LogP contribution in [0.1, 0.15) is 5.76 Å². The van der Waals surface area contributed by atoms with E-state index >= 15 is 0 Å². The van der Waals surface area contributed by atoms with Crippen molar-refractivity contribution in [2.75, 3.05) is 25.6 Å². The molecule has 0 amide bonds. The Hall–Kier alpha value is -1.38. The lowest BCUT2D eigenvalue weighted by atomic mass is 10.4. The van der Waals surface area contributed by atoms with E-state index in [9.17, 15) is 0 Å². The molecule has 0 spiro atoms. The number of furan rings is 1. The molecule has 8 heteroatoms. The fourth-order valence-electron chi connectivity index (χ4n) is 1.31. The van der Waals surface area contributed by atoms with Crippen molar-refractivity contribution in [2.24, 2.45) is 0 Å². The largest absolute Gasteiger partial charge is 0.467 e. The number of aromatic nitrogens is 4. The Morgan fingerprint density at radius 3 is 3.17 bits per heavy atom. The van der Waals surface area contributed by atoms with Gasteiger partial charge in [-0.3, -0.25) is 0 Å². The zero-order valence-corrected chi connectivity index (χ0v) is 10.5. The number of hydrogen-bond acceptors (Lipinski definition) is 7. The van der Waals surface area contributed by atoms with E-state index in [1.807, 2.05) is 12.1 Å². The van der Waals surface area contributed by atoms with Gasteiger partial charge in [0.15, 0.2) is 0 Å². The molecule has 7 nitrogen and oxygen atoms in total. The number of aliphatic hydroxyl groups excluding tert-OH is 1. The highest BCUT2D eigenvalue weighted by Crippen LogP contribution is 2.14. The minimum absolute atomic E-state index is 0.0426. The van der Waals surface area contributed by atoms with Crippen molar-refractivity contribution in [1.29, 1.82) is 0 Å². The van der Waals surface area contributed by atoms with Crippen molar-refractivity contribution < 1.29 is 14.3 Å². The first-order valence-electron chi connectivity index (χ1n) is 5.50. The van der Waals surface area contributed by atoms with E-state index in [1.54, 1.807) is 10.9 Å². The number of thioether (sulfide) groups is 1. The normalized spacial score (nSPS) is 10.9. The topological polar surface area (TPSA) is 86.2 Å². The van der Waals surface area contributed by atoms with Crippen LogP contribution < -0.4 is 0 Å². The van der Waals surface area contributed by atoms with Crippen LogP contribution in [0.3, 0.4) is 0 Å². The predicted molar refractivity (Wildman–Crippen MR) is 64.3 cm³/mol. The zero-order chi connectivity index (χ0) is 12.6. The third kappa shape index (κ3) is 3.83. The average Bonchev–Trinajstić information content (AvgIpc) is 3.02. The summed E-state index contributed by atoms with van der Waals surface area (Å²) in [5, 5.41) is 20.8. The molecule has 0 saturated carbocycles. The molecule has 1 N–H and O–H groups in total. The highest BCUT2D eigenvalue weighted by atomic mass is 32.2. The maximum atomic E-state index is 8.56. The van der Waals surface area contributed by atoms with Crippen LogP contribution in [-0.4, -0.2) is 50.9 Å². The van der Waals surface area contributed by atoms with Gasteiger partial charge in [-0.15, -0.1) is 5.10 Å². The second kappa shape index (κ2) is 7.14. The molecule has 2 aromatic heterocycles. The first-order valence-corrected chi connectivity index (χ1v) is 6.48. The van der Waals surface area contributed by atoms with Crippen LogP contribution in [0.4, 0.5) is 0 Å². The summed E-state index contributed by atoms with van der Waals surface area (Å²) in [7, 11) is 0. The molecule has 0 fully saturated rings. The van der Waals surface area contributed by atoms with Gasteiger partial charge in [0.2, 0.25) is 5.16 Å². The van der Waals surface area contributed by atoms with Gasteiger partial charge >= 0.3 is 0 Å². The van der Waals surface area contributed by atoms with E-state index < -0.39 is 0 Å². The summed E-state index contributed by atoms with van der Waals surface area (Å²) in [6, 6.07) is 3.70. The van der Waals surface area contributed by atoms with Gasteiger partial charge in [-0.1, -0.05) is 11.8 Å². The minimum atomic E-state index is 0.0426. The van der Waals surface area contributed by atoms with Crippen LogP contribution in [0.25, 0.3) is 0 Å². The number of rotatable bonds is 8. The molecule has 2 rings (SSSR count). The maximum Gasteiger partial charge on any atom is 0.209 e. The van der Waals surface area contributed by atoms with Gasteiger partial charge in [-0.05, 0) is 22.6 Å². The molecule has 2 aromatic rings. The van der Waals surface area contributed by atoms with Gasteiger partial charge in [-0.2, -0.15) is 0 Å². The Balaban J connectivity index is 1.80. The standard InChI is InChI=1S/C10H14N4O3S/c15-3-5-16-6-7-18-10-11-12-13-14(10)8-9-2-1-4-17-9/h1-2,4,15H,3,5-8H2. The summed E-state index contributed by atoms with van der Waals surface area (Å²) in [6.45, 7) is 1.47. The summed E-state index contributed by atoms with van der Waals surface area (Å²) in [6.07, 6.45) is 1.62. The zero-order valence-electron chi connectivity index (χ0n) is 9.73. The van der Waals surface area contributed by atoms with Crippen LogP contribution >= 0.6 is 11.8 Å². The monoisotopic (exact) mass is 270 g/mol. The van der Waals surface area contributed by atoms with Gasteiger partial charge < -0.3 is 14.3 Å². The first kappa shape index (κ1) is 13.1. The second-order valence-electron chi connectivity index (χ2n) is 3.38. The van der Waals surface area contributed by atoms with Crippen molar-refractivity contribution in [2.45, 2.75) is 11.7 Å².